The number of para-hydroxylation sites is 1. The highest BCUT2D eigenvalue weighted by atomic mass is 35.5. The Bertz CT molecular complexity index is 803. The molecule has 2 aromatic carbocycles. The first kappa shape index (κ1) is 20.9. The van der Waals surface area contributed by atoms with E-state index in [9.17, 15) is 9.59 Å². The zero-order valence-corrected chi connectivity index (χ0v) is 16.9. The molecular weight excluding hydrogens is 362 g/mol. The first-order valence-corrected chi connectivity index (χ1v) is 9.40. The Hall–Kier alpha value is -2.37. The van der Waals surface area contributed by atoms with Crippen molar-refractivity contribution in [2.24, 2.45) is 0 Å². The average molecular weight is 389 g/mol. The van der Waals surface area contributed by atoms with Crippen LogP contribution in [0.3, 0.4) is 0 Å². The van der Waals surface area contributed by atoms with Gasteiger partial charge in [-0.3, -0.25) is 9.59 Å². The summed E-state index contributed by atoms with van der Waals surface area (Å²) in [6.07, 6.45) is 0. The fourth-order valence-electron chi connectivity index (χ4n) is 2.94. The van der Waals surface area contributed by atoms with Crippen molar-refractivity contribution < 1.29 is 14.9 Å². The number of hydrogen-bond acceptors (Lipinski definition) is 2. The molecule has 0 aliphatic carbocycles. The third-order valence-electron chi connectivity index (χ3n) is 4.53. The standard InChI is InChI=1S/C21H26ClN3O2/c1-13-7-5-8-14(2)20(13)25-19(26)12-23-21(27)16(4)24-15(3)17-9-6-10-18(22)11-17/h5-11,15-16,24H,12H2,1-4H3,(H,23,27)(H,25,26)/p+1/t15-,16-/m1/s1. The van der Waals surface area contributed by atoms with Crippen LogP contribution in [0, 0.1) is 13.8 Å². The largest absolute Gasteiger partial charge is 0.342 e. The fraction of sp³-hybridized carbons (Fsp3) is 0.333. The average Bonchev–Trinajstić information content (AvgIpc) is 2.62. The third-order valence-corrected chi connectivity index (χ3v) is 4.77. The summed E-state index contributed by atoms with van der Waals surface area (Å²) < 4.78 is 0. The molecule has 0 heterocycles. The zero-order valence-electron chi connectivity index (χ0n) is 16.2. The molecule has 2 rings (SSSR count). The second-order valence-electron chi connectivity index (χ2n) is 6.86. The molecule has 0 aliphatic rings. The lowest BCUT2D eigenvalue weighted by atomic mass is 10.1. The number of nitrogens with one attached hydrogen (secondary N) is 2. The molecule has 6 heteroatoms. The maximum Gasteiger partial charge on any atom is 0.278 e. The molecule has 0 radical (unpaired) electrons. The highest BCUT2D eigenvalue weighted by Gasteiger charge is 2.21. The zero-order chi connectivity index (χ0) is 20.0. The number of hydrogen-bond donors (Lipinski definition) is 3. The van der Waals surface area contributed by atoms with E-state index in [2.05, 4.69) is 10.6 Å². The quantitative estimate of drug-likeness (QED) is 0.682. The van der Waals surface area contributed by atoms with Gasteiger partial charge in [0.2, 0.25) is 5.91 Å². The van der Waals surface area contributed by atoms with E-state index < -0.39 is 0 Å². The van der Waals surface area contributed by atoms with Gasteiger partial charge < -0.3 is 16.0 Å². The minimum Gasteiger partial charge on any atom is -0.342 e. The van der Waals surface area contributed by atoms with E-state index in [0.29, 0.717) is 5.02 Å². The molecule has 0 aliphatic heterocycles. The summed E-state index contributed by atoms with van der Waals surface area (Å²) in [5.41, 5.74) is 3.83. The summed E-state index contributed by atoms with van der Waals surface area (Å²) in [5, 5.41) is 8.19. The van der Waals surface area contributed by atoms with E-state index in [4.69, 9.17) is 11.6 Å². The molecule has 27 heavy (non-hydrogen) atoms. The second-order valence-corrected chi connectivity index (χ2v) is 7.29. The van der Waals surface area contributed by atoms with Crippen LogP contribution in [0.15, 0.2) is 42.5 Å². The molecule has 4 N–H and O–H groups in total. The van der Waals surface area contributed by atoms with Gasteiger partial charge in [0.15, 0.2) is 6.04 Å². The van der Waals surface area contributed by atoms with E-state index in [1.165, 1.54) is 0 Å². The van der Waals surface area contributed by atoms with E-state index in [1.54, 1.807) is 0 Å². The first-order valence-electron chi connectivity index (χ1n) is 9.02. The molecule has 2 atom stereocenters. The van der Waals surface area contributed by atoms with E-state index in [0.717, 1.165) is 22.4 Å². The number of benzene rings is 2. The molecular formula is C21H27ClN3O2+. The number of halogens is 1. The highest BCUT2D eigenvalue weighted by molar-refractivity contribution is 6.30. The van der Waals surface area contributed by atoms with E-state index >= 15 is 0 Å². The van der Waals surface area contributed by atoms with Crippen LogP contribution in [-0.4, -0.2) is 24.4 Å². The number of nitrogens with two attached hydrogens (primary N) is 1. The number of quaternary nitrogens is 1. The van der Waals surface area contributed by atoms with Gasteiger partial charge in [-0.05, 0) is 51.0 Å². The van der Waals surface area contributed by atoms with Crippen molar-refractivity contribution >= 4 is 29.1 Å². The molecule has 0 saturated carbocycles. The smallest absolute Gasteiger partial charge is 0.278 e. The lowest BCUT2D eigenvalue weighted by molar-refractivity contribution is -0.710. The monoisotopic (exact) mass is 388 g/mol. The van der Waals surface area contributed by atoms with Gasteiger partial charge in [-0.15, -0.1) is 0 Å². The van der Waals surface area contributed by atoms with Crippen molar-refractivity contribution in [2.75, 3.05) is 11.9 Å². The van der Waals surface area contributed by atoms with Gasteiger partial charge in [0, 0.05) is 16.3 Å². The highest BCUT2D eigenvalue weighted by Crippen LogP contribution is 2.19. The first-order chi connectivity index (χ1) is 12.8. The fourth-order valence-corrected chi connectivity index (χ4v) is 3.14. The summed E-state index contributed by atoms with van der Waals surface area (Å²) in [4.78, 5) is 24.5. The Balaban J connectivity index is 1.84. The maximum absolute atomic E-state index is 12.3. The SMILES string of the molecule is Cc1cccc(C)c1NC(=O)CNC(=O)[C@@H](C)[NH2+][C@H](C)c1cccc(Cl)c1. The Morgan fingerprint density at radius 1 is 1.07 bits per heavy atom. The second kappa shape index (κ2) is 9.53. The van der Waals surface area contributed by atoms with Gasteiger partial charge in [-0.25, -0.2) is 0 Å². The molecule has 144 valence electrons. The summed E-state index contributed by atoms with van der Waals surface area (Å²) >= 11 is 6.02. The molecule has 2 amide bonds. The van der Waals surface area contributed by atoms with Crippen LogP contribution in [0.25, 0.3) is 0 Å². The van der Waals surface area contributed by atoms with Crippen LogP contribution in [0.4, 0.5) is 5.69 Å². The number of aryl methyl sites for hydroxylation is 2. The number of anilines is 1. The van der Waals surface area contributed by atoms with Gasteiger partial charge in [-0.1, -0.05) is 41.9 Å². The molecule has 0 aromatic heterocycles. The summed E-state index contributed by atoms with van der Waals surface area (Å²) in [6.45, 7) is 7.66. The Morgan fingerprint density at radius 3 is 2.33 bits per heavy atom. The van der Waals surface area contributed by atoms with Crippen LogP contribution < -0.4 is 16.0 Å². The molecule has 0 bridgehead atoms. The van der Waals surface area contributed by atoms with Gasteiger partial charge in [-0.2, -0.15) is 0 Å². The summed E-state index contributed by atoms with van der Waals surface area (Å²) in [5.74, 6) is -0.420. The van der Waals surface area contributed by atoms with Crippen LogP contribution in [0.2, 0.25) is 5.02 Å². The number of carbonyl (C=O) groups excluding carboxylic acids is 2. The van der Waals surface area contributed by atoms with Gasteiger partial charge in [0.1, 0.15) is 6.04 Å². The predicted molar refractivity (Wildman–Crippen MR) is 109 cm³/mol. The number of carbonyl (C=O) groups is 2. The number of rotatable bonds is 7. The maximum atomic E-state index is 12.3. The van der Waals surface area contributed by atoms with E-state index in [1.807, 2.05) is 75.5 Å². The van der Waals surface area contributed by atoms with Crippen molar-refractivity contribution in [1.29, 1.82) is 0 Å². The summed E-state index contributed by atoms with van der Waals surface area (Å²) in [7, 11) is 0. The van der Waals surface area contributed by atoms with Gasteiger partial charge in [0.05, 0.1) is 6.54 Å². The van der Waals surface area contributed by atoms with Crippen molar-refractivity contribution in [3.05, 3.63) is 64.2 Å². The Labute approximate surface area is 165 Å². The Kier molecular flexibility index (Phi) is 7.39. The van der Waals surface area contributed by atoms with Crippen molar-refractivity contribution in [2.45, 2.75) is 39.8 Å². The Morgan fingerprint density at radius 2 is 1.70 bits per heavy atom. The van der Waals surface area contributed by atoms with Crippen LogP contribution in [0.1, 0.15) is 36.6 Å². The minimum atomic E-state index is -0.327. The lowest BCUT2D eigenvalue weighted by Crippen LogP contribution is -2.92. The topological polar surface area (TPSA) is 74.8 Å². The summed E-state index contributed by atoms with van der Waals surface area (Å²) in [6, 6.07) is 13.2. The van der Waals surface area contributed by atoms with Crippen LogP contribution in [-0.2, 0) is 9.59 Å². The third kappa shape index (κ3) is 6.08. The lowest BCUT2D eigenvalue weighted by Gasteiger charge is -2.17. The molecule has 2 aromatic rings. The van der Waals surface area contributed by atoms with Gasteiger partial charge >= 0.3 is 0 Å². The molecule has 0 saturated heterocycles. The molecule has 5 nitrogen and oxygen atoms in total. The predicted octanol–water partition coefficient (Wildman–Crippen LogP) is 2.72. The van der Waals surface area contributed by atoms with Crippen molar-refractivity contribution in [1.82, 2.24) is 5.32 Å². The van der Waals surface area contributed by atoms with Crippen LogP contribution >= 0.6 is 11.6 Å². The van der Waals surface area contributed by atoms with Gasteiger partial charge in [0.25, 0.3) is 5.91 Å². The van der Waals surface area contributed by atoms with Crippen molar-refractivity contribution in [3.8, 4) is 0 Å². The molecule has 0 unspecified atom stereocenters. The van der Waals surface area contributed by atoms with Crippen LogP contribution in [0.5, 0.6) is 0 Å². The van der Waals surface area contributed by atoms with E-state index in [-0.39, 0.29) is 30.4 Å². The van der Waals surface area contributed by atoms with Crippen molar-refractivity contribution in [3.63, 3.8) is 0 Å². The molecule has 0 fully saturated rings. The number of amides is 2. The minimum absolute atomic E-state index is 0.0592. The normalized spacial score (nSPS) is 12.9. The molecule has 0 spiro atoms.